The maximum atomic E-state index is 14.4. The van der Waals surface area contributed by atoms with E-state index < -0.39 is 70.5 Å². The number of aromatic hydroxyl groups is 1. The fraction of sp³-hybridized carbons (Fsp3) is 0.387. The molecule has 0 spiro atoms. The molecule has 5 amide bonds. The first kappa shape index (κ1) is 28.1. The van der Waals surface area contributed by atoms with E-state index in [2.05, 4.69) is 0 Å². The Morgan fingerprint density at radius 2 is 1.71 bits per heavy atom. The van der Waals surface area contributed by atoms with Crippen molar-refractivity contribution < 1.29 is 38.2 Å². The second-order valence-corrected chi connectivity index (χ2v) is 12.2. The fourth-order valence-electron chi connectivity index (χ4n) is 7.69. The number of anilines is 1. The van der Waals surface area contributed by atoms with E-state index in [1.165, 1.54) is 12.1 Å². The van der Waals surface area contributed by atoms with E-state index in [0.29, 0.717) is 21.6 Å². The van der Waals surface area contributed by atoms with E-state index in [0.717, 1.165) is 23.6 Å². The number of phenolic OH excluding ortho intramolecular Hbond substituents is 1. The minimum Gasteiger partial charge on any atom is -0.507 e. The number of imide groups is 4. The number of hydrogen-bond acceptors (Lipinski definition) is 7. The topological polar surface area (TPSA) is 121 Å². The van der Waals surface area contributed by atoms with Gasteiger partial charge in [-0.1, -0.05) is 35.4 Å². The number of allylic oxidation sites excluding steroid dienone is 2. The lowest BCUT2D eigenvalue weighted by Crippen LogP contribution is -2.49. The van der Waals surface area contributed by atoms with Crippen molar-refractivity contribution in [1.29, 1.82) is 0 Å². The largest absolute Gasteiger partial charge is 0.507 e. The van der Waals surface area contributed by atoms with Crippen LogP contribution in [0.1, 0.15) is 42.4 Å². The van der Waals surface area contributed by atoms with Gasteiger partial charge in [0.05, 0.1) is 41.0 Å². The zero-order chi connectivity index (χ0) is 30.4. The van der Waals surface area contributed by atoms with E-state index in [1.807, 2.05) is 6.08 Å². The lowest BCUT2D eigenvalue weighted by molar-refractivity contribution is -0.138. The molecule has 218 valence electrons. The molecule has 4 aliphatic rings. The summed E-state index contributed by atoms with van der Waals surface area (Å²) < 4.78 is 18.7. The molecule has 0 bridgehead atoms. The quantitative estimate of drug-likeness (QED) is 0.392. The molecule has 2 aromatic rings. The van der Waals surface area contributed by atoms with Crippen molar-refractivity contribution in [2.75, 3.05) is 12.0 Å². The van der Waals surface area contributed by atoms with Gasteiger partial charge < -0.3 is 9.84 Å². The molecule has 11 heteroatoms. The van der Waals surface area contributed by atoms with Crippen LogP contribution in [0.4, 0.5) is 14.9 Å². The highest BCUT2D eigenvalue weighted by molar-refractivity contribution is 6.31. The molecule has 2 saturated heterocycles. The smallest absolute Gasteiger partial charge is 0.423 e. The van der Waals surface area contributed by atoms with Gasteiger partial charge >= 0.3 is 6.09 Å². The Labute approximate surface area is 245 Å². The van der Waals surface area contributed by atoms with Crippen molar-refractivity contribution in [3.8, 4) is 5.75 Å². The van der Waals surface area contributed by atoms with Gasteiger partial charge in [-0.15, -0.1) is 0 Å². The van der Waals surface area contributed by atoms with Crippen LogP contribution in [0.2, 0.25) is 5.02 Å². The molecule has 2 aromatic carbocycles. The summed E-state index contributed by atoms with van der Waals surface area (Å²) in [7, 11) is 1.09. The minimum atomic E-state index is -1.32. The normalized spacial score (nSPS) is 30.2. The molecule has 42 heavy (non-hydrogen) atoms. The average Bonchev–Trinajstić information content (AvgIpc) is 3.32. The van der Waals surface area contributed by atoms with E-state index in [4.69, 9.17) is 16.3 Å². The first-order chi connectivity index (χ1) is 19.8. The standard InChI is InChI=1S/C31H28ClFN2O7/c1-13-9-15(10-14(2)25(13)36)24-17-6-7-18-23(28(39)35(26(18)37)30(41)42-4)19(17)12-20-27(38)34(29(40)31(20,24)3)16-5-8-22(33)21(32)11-16/h5-6,8-11,18-20,23-24,36H,7,12H2,1-4H3. The van der Waals surface area contributed by atoms with Crippen LogP contribution in [0.25, 0.3) is 0 Å². The monoisotopic (exact) mass is 594 g/mol. The Hall–Kier alpha value is -4.05. The Kier molecular flexibility index (Phi) is 6.34. The first-order valence-corrected chi connectivity index (χ1v) is 14.0. The lowest BCUT2D eigenvalue weighted by Gasteiger charge is -2.49. The number of carbonyl (C=O) groups is 5. The number of nitrogens with zero attached hydrogens (tertiary/aromatic N) is 2. The van der Waals surface area contributed by atoms with Gasteiger partial charge in [0.1, 0.15) is 11.6 Å². The van der Waals surface area contributed by atoms with Gasteiger partial charge in [-0.25, -0.2) is 14.1 Å². The van der Waals surface area contributed by atoms with Crippen LogP contribution >= 0.6 is 11.6 Å². The van der Waals surface area contributed by atoms with Gasteiger partial charge in [-0.2, -0.15) is 4.90 Å². The highest BCUT2D eigenvalue weighted by atomic mass is 35.5. The predicted molar refractivity (Wildman–Crippen MR) is 148 cm³/mol. The maximum absolute atomic E-state index is 14.4. The highest BCUT2D eigenvalue weighted by Crippen LogP contribution is 2.63. The molecule has 0 aromatic heterocycles. The molecule has 2 aliphatic heterocycles. The molecule has 0 radical (unpaired) electrons. The number of aryl methyl sites for hydroxylation is 2. The summed E-state index contributed by atoms with van der Waals surface area (Å²) in [6.07, 6.45) is 1.05. The molecule has 1 N–H and O–H groups in total. The van der Waals surface area contributed by atoms with Gasteiger partial charge in [0.25, 0.3) is 0 Å². The van der Waals surface area contributed by atoms with Crippen LogP contribution in [0, 0.1) is 48.8 Å². The third-order valence-corrected chi connectivity index (χ3v) is 9.93. The van der Waals surface area contributed by atoms with Crippen LogP contribution in [0.3, 0.4) is 0 Å². The van der Waals surface area contributed by atoms with Crippen molar-refractivity contribution in [3.05, 3.63) is 69.5 Å². The number of fused-ring (bicyclic) bond motifs is 4. The minimum absolute atomic E-state index is 0.0834. The molecule has 2 aliphatic carbocycles. The zero-order valence-corrected chi connectivity index (χ0v) is 24.1. The van der Waals surface area contributed by atoms with Crippen LogP contribution in [-0.4, -0.2) is 46.8 Å². The number of ether oxygens (including phenoxy) is 1. The molecular formula is C31H28ClFN2O7. The Bertz CT molecular complexity index is 1630. The summed E-state index contributed by atoms with van der Waals surface area (Å²) in [5.41, 5.74) is 1.35. The number of rotatable bonds is 2. The molecule has 2 heterocycles. The third kappa shape index (κ3) is 3.63. The summed E-state index contributed by atoms with van der Waals surface area (Å²) >= 11 is 6.02. The maximum Gasteiger partial charge on any atom is 0.423 e. The highest BCUT2D eigenvalue weighted by Gasteiger charge is 2.68. The molecular weight excluding hydrogens is 567 g/mol. The zero-order valence-electron chi connectivity index (χ0n) is 23.3. The van der Waals surface area contributed by atoms with Gasteiger partial charge in [0, 0.05) is 5.92 Å². The van der Waals surface area contributed by atoms with Crippen LogP contribution in [0.15, 0.2) is 42.0 Å². The number of hydrogen-bond donors (Lipinski definition) is 1. The Balaban J connectivity index is 1.54. The van der Waals surface area contributed by atoms with E-state index in [1.54, 1.807) is 32.9 Å². The molecule has 3 fully saturated rings. The van der Waals surface area contributed by atoms with Crippen molar-refractivity contribution in [2.24, 2.45) is 29.1 Å². The number of amides is 5. The molecule has 6 unspecified atom stereocenters. The van der Waals surface area contributed by atoms with E-state index in [9.17, 15) is 33.5 Å². The van der Waals surface area contributed by atoms with Gasteiger partial charge in [0.2, 0.25) is 23.6 Å². The first-order valence-electron chi connectivity index (χ1n) is 13.6. The summed E-state index contributed by atoms with van der Waals surface area (Å²) in [6, 6.07) is 7.17. The van der Waals surface area contributed by atoms with Crippen molar-refractivity contribution in [2.45, 2.75) is 39.5 Å². The number of methoxy groups -OCH3 is 1. The second kappa shape index (κ2) is 9.49. The number of halogens is 2. The van der Waals surface area contributed by atoms with Gasteiger partial charge in [0.15, 0.2) is 0 Å². The Morgan fingerprint density at radius 3 is 2.33 bits per heavy atom. The number of benzene rings is 2. The van der Waals surface area contributed by atoms with Crippen molar-refractivity contribution in [1.82, 2.24) is 4.90 Å². The average molecular weight is 595 g/mol. The van der Waals surface area contributed by atoms with Crippen molar-refractivity contribution >= 4 is 47.0 Å². The van der Waals surface area contributed by atoms with Crippen LogP contribution in [0.5, 0.6) is 5.75 Å². The summed E-state index contributed by atoms with van der Waals surface area (Å²) in [5, 5.41) is 10.3. The predicted octanol–water partition coefficient (Wildman–Crippen LogP) is 4.80. The van der Waals surface area contributed by atoms with Gasteiger partial charge in [-0.3, -0.25) is 19.2 Å². The van der Waals surface area contributed by atoms with Crippen LogP contribution in [-0.2, 0) is 23.9 Å². The summed E-state index contributed by atoms with van der Waals surface area (Å²) in [5.74, 6) is -6.91. The van der Waals surface area contributed by atoms with E-state index in [-0.39, 0.29) is 29.3 Å². The summed E-state index contributed by atoms with van der Waals surface area (Å²) in [6.45, 7) is 5.19. The number of carbonyl (C=O) groups excluding carboxylic acids is 5. The molecule has 9 nitrogen and oxygen atoms in total. The molecule has 6 atom stereocenters. The van der Waals surface area contributed by atoms with Crippen molar-refractivity contribution in [3.63, 3.8) is 0 Å². The fourth-order valence-corrected chi connectivity index (χ4v) is 7.87. The van der Waals surface area contributed by atoms with Crippen LogP contribution < -0.4 is 4.90 Å². The number of phenols is 1. The molecule has 1 saturated carbocycles. The third-order valence-electron chi connectivity index (χ3n) is 9.64. The second-order valence-electron chi connectivity index (χ2n) is 11.7. The number of likely N-dealkylation sites (tertiary alicyclic amines) is 1. The van der Waals surface area contributed by atoms with E-state index >= 15 is 0 Å². The summed E-state index contributed by atoms with van der Waals surface area (Å²) in [4.78, 5) is 69.3. The Morgan fingerprint density at radius 1 is 1.05 bits per heavy atom. The lowest BCUT2D eigenvalue weighted by atomic mass is 9.51. The molecule has 6 rings (SSSR count). The van der Waals surface area contributed by atoms with Gasteiger partial charge in [-0.05, 0) is 74.4 Å². The SMILES string of the molecule is COC(=O)N1C(=O)C2CC=C3C(CC4C(=O)N(c5ccc(F)c(Cl)c5)C(=O)C4(C)C3c3cc(C)c(O)c(C)c3)C2C1=O.